The summed E-state index contributed by atoms with van der Waals surface area (Å²) in [4.78, 5) is 10.9. The van der Waals surface area contributed by atoms with E-state index in [1.54, 1.807) is 20.2 Å². The second kappa shape index (κ2) is 4.96. The van der Waals surface area contributed by atoms with Crippen LogP contribution in [0.4, 0.5) is 0 Å². The highest BCUT2D eigenvalue weighted by Gasteiger charge is 1.76. The summed E-state index contributed by atoms with van der Waals surface area (Å²) in [6.45, 7) is 1.77. The molecule has 0 unspecified atom stereocenters. The van der Waals surface area contributed by atoms with Gasteiger partial charge < -0.3 is 5.73 Å². The predicted molar refractivity (Wildman–Crippen MR) is 40.2 cm³/mol. The van der Waals surface area contributed by atoms with Crippen molar-refractivity contribution >= 4 is 18.5 Å². The molecule has 0 aliphatic carbocycles. The van der Waals surface area contributed by atoms with Gasteiger partial charge in [0.25, 0.3) is 0 Å². The predicted octanol–water partition coefficient (Wildman–Crippen LogP) is 0.0499. The van der Waals surface area contributed by atoms with Gasteiger partial charge in [0.2, 0.25) is 5.96 Å². The topological polar surface area (TPSA) is 63.1 Å². The maximum atomic E-state index is 5.23. The van der Waals surface area contributed by atoms with Gasteiger partial charge in [0.1, 0.15) is 6.34 Å². The molecule has 0 fully saturated rings. The number of rotatable bonds is 1. The van der Waals surface area contributed by atoms with Gasteiger partial charge in [-0.2, -0.15) is 0 Å². The lowest BCUT2D eigenvalue weighted by atomic mass is 10.8. The highest BCUT2D eigenvalue weighted by atomic mass is 15.0. The van der Waals surface area contributed by atoms with Gasteiger partial charge in [0.15, 0.2) is 0 Å². The molecule has 9 heavy (non-hydrogen) atoms. The van der Waals surface area contributed by atoms with Gasteiger partial charge in [-0.05, 0) is 6.92 Å². The first-order valence-electron chi connectivity index (χ1n) is 2.54. The second-order valence-corrected chi connectivity index (χ2v) is 1.25. The zero-order valence-electron chi connectivity index (χ0n) is 5.57. The van der Waals surface area contributed by atoms with Crippen molar-refractivity contribution in [3.8, 4) is 0 Å². The second-order valence-electron chi connectivity index (χ2n) is 1.25. The number of guanidine groups is 1. The van der Waals surface area contributed by atoms with E-state index in [1.807, 2.05) is 0 Å². The SMILES string of the molecule is CC=NC(N)=NC=NC. The summed E-state index contributed by atoms with van der Waals surface area (Å²) >= 11 is 0. The zero-order chi connectivity index (χ0) is 7.11. The lowest BCUT2D eigenvalue weighted by Gasteiger charge is -1.83. The van der Waals surface area contributed by atoms with Crippen molar-refractivity contribution in [1.82, 2.24) is 0 Å². The van der Waals surface area contributed by atoms with Crippen molar-refractivity contribution in [3.05, 3.63) is 0 Å². The van der Waals surface area contributed by atoms with E-state index in [0.717, 1.165) is 0 Å². The van der Waals surface area contributed by atoms with Gasteiger partial charge in [-0.15, -0.1) is 0 Å². The minimum atomic E-state index is 0.225. The smallest absolute Gasteiger partial charge is 0.221 e. The molecule has 0 aromatic rings. The summed E-state index contributed by atoms with van der Waals surface area (Å²) in [6, 6.07) is 0. The third-order valence-electron chi connectivity index (χ3n) is 0.567. The number of nitrogens with two attached hydrogens (primary N) is 1. The molecule has 0 aliphatic heterocycles. The Morgan fingerprint density at radius 1 is 1.56 bits per heavy atom. The molecule has 0 rings (SSSR count). The zero-order valence-corrected chi connectivity index (χ0v) is 5.57. The van der Waals surface area contributed by atoms with Crippen LogP contribution in [-0.4, -0.2) is 25.6 Å². The Morgan fingerprint density at radius 2 is 2.22 bits per heavy atom. The molecule has 0 heterocycles. The van der Waals surface area contributed by atoms with Crippen LogP contribution in [0.15, 0.2) is 15.0 Å². The van der Waals surface area contributed by atoms with Gasteiger partial charge in [-0.25, -0.2) is 9.98 Å². The first-order chi connectivity index (χ1) is 4.31. The largest absolute Gasteiger partial charge is 0.368 e. The molecule has 0 radical (unpaired) electrons. The third-order valence-corrected chi connectivity index (χ3v) is 0.567. The first-order valence-corrected chi connectivity index (χ1v) is 2.54. The Hall–Kier alpha value is -1.19. The molecule has 0 saturated carbocycles. The molecule has 50 valence electrons. The Morgan fingerprint density at radius 3 is 2.67 bits per heavy atom. The molecule has 0 spiro atoms. The molecule has 0 amide bonds. The quantitative estimate of drug-likeness (QED) is 0.391. The van der Waals surface area contributed by atoms with Crippen molar-refractivity contribution in [2.24, 2.45) is 20.7 Å². The van der Waals surface area contributed by atoms with E-state index < -0.39 is 0 Å². The van der Waals surface area contributed by atoms with Crippen molar-refractivity contribution < 1.29 is 0 Å². The Balaban J connectivity index is 3.84. The van der Waals surface area contributed by atoms with Crippen LogP contribution >= 0.6 is 0 Å². The summed E-state index contributed by atoms with van der Waals surface area (Å²) < 4.78 is 0. The minimum absolute atomic E-state index is 0.225. The monoisotopic (exact) mass is 126 g/mol. The molecular weight excluding hydrogens is 116 g/mol. The van der Waals surface area contributed by atoms with E-state index in [-0.39, 0.29) is 5.96 Å². The van der Waals surface area contributed by atoms with Crippen LogP contribution in [0.25, 0.3) is 0 Å². The van der Waals surface area contributed by atoms with Crippen molar-refractivity contribution in [1.29, 1.82) is 0 Å². The van der Waals surface area contributed by atoms with Crippen molar-refractivity contribution in [2.75, 3.05) is 7.05 Å². The first kappa shape index (κ1) is 7.81. The standard InChI is InChI=1S/C5H10N4/c1-3-8-5(6)9-4-7-2/h3-4H,1-2H3,(H2,6,7,9). The van der Waals surface area contributed by atoms with Crippen molar-refractivity contribution in [2.45, 2.75) is 6.92 Å². The van der Waals surface area contributed by atoms with E-state index >= 15 is 0 Å². The maximum Gasteiger partial charge on any atom is 0.221 e. The fraction of sp³-hybridized carbons (Fsp3) is 0.400. The van der Waals surface area contributed by atoms with E-state index in [2.05, 4.69) is 15.0 Å². The molecular formula is C5H10N4. The summed E-state index contributed by atoms with van der Waals surface area (Å²) in [7, 11) is 1.62. The molecule has 0 atom stereocenters. The summed E-state index contributed by atoms with van der Waals surface area (Å²) in [5.74, 6) is 0.225. The number of hydrogen-bond acceptors (Lipinski definition) is 1. The fourth-order valence-electron chi connectivity index (χ4n) is 0.282. The number of aliphatic imine (C=N–C) groups is 3. The Bertz CT molecular complexity index is 145. The van der Waals surface area contributed by atoms with E-state index in [9.17, 15) is 0 Å². The van der Waals surface area contributed by atoms with Gasteiger partial charge in [-0.3, -0.25) is 4.99 Å². The van der Waals surface area contributed by atoms with Crippen LogP contribution < -0.4 is 5.73 Å². The van der Waals surface area contributed by atoms with Crippen LogP contribution in [0.1, 0.15) is 6.92 Å². The van der Waals surface area contributed by atoms with Gasteiger partial charge in [0, 0.05) is 13.3 Å². The molecule has 0 aromatic carbocycles. The fourth-order valence-corrected chi connectivity index (χ4v) is 0.282. The summed E-state index contributed by atoms with van der Waals surface area (Å²) in [6.07, 6.45) is 2.92. The highest BCUT2D eigenvalue weighted by Crippen LogP contribution is 1.67. The number of hydrogen-bond donors (Lipinski definition) is 1. The average Bonchev–Trinajstić information content (AvgIpc) is 1.85. The van der Waals surface area contributed by atoms with E-state index in [1.165, 1.54) is 6.34 Å². The lowest BCUT2D eigenvalue weighted by molar-refractivity contribution is 1.42. The summed E-state index contributed by atoms with van der Waals surface area (Å²) in [5.41, 5.74) is 5.23. The molecule has 0 saturated heterocycles. The maximum absolute atomic E-state index is 5.23. The van der Waals surface area contributed by atoms with Gasteiger partial charge in [-0.1, -0.05) is 0 Å². The molecule has 0 aromatic heterocycles. The van der Waals surface area contributed by atoms with Crippen LogP contribution in [-0.2, 0) is 0 Å². The molecule has 0 aliphatic rings. The number of nitrogens with zero attached hydrogens (tertiary/aromatic N) is 3. The van der Waals surface area contributed by atoms with Crippen LogP contribution in [0.5, 0.6) is 0 Å². The lowest BCUT2D eigenvalue weighted by Crippen LogP contribution is -2.07. The molecule has 2 N–H and O–H groups in total. The van der Waals surface area contributed by atoms with Crippen molar-refractivity contribution in [3.63, 3.8) is 0 Å². The van der Waals surface area contributed by atoms with Gasteiger partial charge >= 0.3 is 0 Å². The minimum Gasteiger partial charge on any atom is -0.368 e. The van der Waals surface area contributed by atoms with Crippen LogP contribution in [0.3, 0.4) is 0 Å². The summed E-state index contributed by atoms with van der Waals surface area (Å²) in [5, 5.41) is 0. The van der Waals surface area contributed by atoms with Crippen LogP contribution in [0.2, 0.25) is 0 Å². The molecule has 4 nitrogen and oxygen atoms in total. The molecule has 4 heteroatoms. The highest BCUT2D eigenvalue weighted by molar-refractivity contribution is 5.90. The van der Waals surface area contributed by atoms with E-state index in [4.69, 9.17) is 5.73 Å². The Labute approximate surface area is 54.2 Å². The third kappa shape index (κ3) is 4.67. The van der Waals surface area contributed by atoms with Gasteiger partial charge in [0.05, 0.1) is 0 Å². The normalized spacial score (nSPS) is 13.8. The Kier molecular flexibility index (Phi) is 4.30. The average molecular weight is 126 g/mol. The molecule has 0 bridgehead atoms. The van der Waals surface area contributed by atoms with Crippen LogP contribution in [0, 0.1) is 0 Å². The van der Waals surface area contributed by atoms with E-state index in [0.29, 0.717) is 0 Å².